The summed E-state index contributed by atoms with van der Waals surface area (Å²) >= 11 is 5.25. The number of H-pyrrole nitrogens is 1. The molecule has 0 aromatic carbocycles. The zero-order chi connectivity index (χ0) is 10.7. The molecule has 0 bridgehead atoms. The highest BCUT2D eigenvalue weighted by molar-refractivity contribution is 7.71. The van der Waals surface area contributed by atoms with E-state index in [4.69, 9.17) is 12.2 Å². The summed E-state index contributed by atoms with van der Waals surface area (Å²) in [6.45, 7) is 2.29. The minimum absolute atomic E-state index is 0.650. The predicted octanol–water partition coefficient (Wildman–Crippen LogP) is 4.08. The van der Waals surface area contributed by atoms with Gasteiger partial charge in [0.05, 0.1) is 0 Å². The largest absolute Gasteiger partial charge is 0.337 e. The Morgan fingerprint density at radius 2 is 2.13 bits per heavy atom. The van der Waals surface area contributed by atoms with Gasteiger partial charge in [0.2, 0.25) is 0 Å². The normalized spacial score (nSPS) is 26.7. The van der Waals surface area contributed by atoms with Crippen molar-refractivity contribution in [3.05, 3.63) is 17.2 Å². The zero-order valence-corrected chi connectivity index (χ0v) is 10.2. The Labute approximate surface area is 96.7 Å². The quantitative estimate of drug-likeness (QED) is 0.767. The smallest absolute Gasteiger partial charge is 0.177 e. The molecule has 0 spiro atoms. The van der Waals surface area contributed by atoms with Crippen LogP contribution in [-0.4, -0.2) is 9.55 Å². The molecule has 2 nitrogen and oxygen atoms in total. The minimum Gasteiger partial charge on any atom is -0.337 e. The molecular formula is C12H20N2S. The summed E-state index contributed by atoms with van der Waals surface area (Å²) in [5.74, 6) is 0.972. The van der Waals surface area contributed by atoms with Crippen LogP contribution < -0.4 is 0 Å². The molecular weight excluding hydrogens is 204 g/mol. The molecule has 3 heteroatoms. The number of hydrogen-bond donors (Lipinski definition) is 1. The standard InChI is InChI=1S/C12H20N2S/c1-2-3-10-4-6-11(7-5-10)14-9-8-13-12(14)15/h8-11H,2-7H2,1H3,(H,13,15). The van der Waals surface area contributed by atoms with E-state index in [9.17, 15) is 0 Å². The number of imidazole rings is 1. The van der Waals surface area contributed by atoms with Crippen LogP contribution in [0.4, 0.5) is 0 Å². The lowest BCUT2D eigenvalue weighted by Gasteiger charge is -2.29. The van der Waals surface area contributed by atoms with E-state index in [1.54, 1.807) is 0 Å². The van der Waals surface area contributed by atoms with Crippen molar-refractivity contribution >= 4 is 12.2 Å². The average Bonchev–Trinajstić information content (AvgIpc) is 2.66. The molecule has 1 heterocycles. The fourth-order valence-corrected chi connectivity index (χ4v) is 3.02. The van der Waals surface area contributed by atoms with Crippen LogP contribution in [0.5, 0.6) is 0 Å². The first kappa shape index (κ1) is 10.9. The molecule has 84 valence electrons. The SMILES string of the molecule is CCCC1CCC(n2cc[nH]c2=S)CC1. The predicted molar refractivity (Wildman–Crippen MR) is 65.5 cm³/mol. The van der Waals surface area contributed by atoms with Crippen LogP contribution in [0, 0.1) is 10.7 Å². The van der Waals surface area contributed by atoms with Crippen LogP contribution >= 0.6 is 12.2 Å². The summed E-state index contributed by atoms with van der Waals surface area (Å²) in [4.78, 5) is 3.08. The number of aromatic nitrogens is 2. The Morgan fingerprint density at radius 3 is 2.67 bits per heavy atom. The molecule has 1 aliphatic carbocycles. The summed E-state index contributed by atoms with van der Waals surface area (Å²) in [5, 5.41) is 0. The van der Waals surface area contributed by atoms with E-state index in [0.29, 0.717) is 6.04 Å². The summed E-state index contributed by atoms with van der Waals surface area (Å²) in [6.07, 6.45) is 12.1. The number of hydrogen-bond acceptors (Lipinski definition) is 1. The summed E-state index contributed by atoms with van der Waals surface area (Å²) in [5.41, 5.74) is 0. The van der Waals surface area contributed by atoms with Gasteiger partial charge in [0.25, 0.3) is 0 Å². The van der Waals surface area contributed by atoms with E-state index in [1.165, 1.54) is 38.5 Å². The number of aromatic amines is 1. The summed E-state index contributed by atoms with van der Waals surface area (Å²) in [6, 6.07) is 0.650. The molecule has 0 aliphatic heterocycles. The van der Waals surface area contributed by atoms with Crippen molar-refractivity contribution < 1.29 is 0 Å². The Hall–Kier alpha value is -0.570. The molecule has 0 amide bonds. The van der Waals surface area contributed by atoms with Crippen molar-refractivity contribution in [3.63, 3.8) is 0 Å². The summed E-state index contributed by atoms with van der Waals surface area (Å²) < 4.78 is 3.12. The lowest BCUT2D eigenvalue weighted by Crippen LogP contribution is -2.17. The fraction of sp³-hybridized carbons (Fsp3) is 0.750. The minimum atomic E-state index is 0.650. The van der Waals surface area contributed by atoms with E-state index >= 15 is 0 Å². The van der Waals surface area contributed by atoms with Crippen molar-refractivity contribution in [2.24, 2.45) is 5.92 Å². The van der Waals surface area contributed by atoms with Crippen molar-refractivity contribution in [1.82, 2.24) is 9.55 Å². The van der Waals surface area contributed by atoms with Crippen LogP contribution in [0.2, 0.25) is 0 Å². The Kier molecular flexibility index (Phi) is 3.62. The van der Waals surface area contributed by atoms with E-state index < -0.39 is 0 Å². The molecule has 0 atom stereocenters. The van der Waals surface area contributed by atoms with Crippen LogP contribution in [-0.2, 0) is 0 Å². The van der Waals surface area contributed by atoms with E-state index in [-0.39, 0.29) is 0 Å². The van der Waals surface area contributed by atoms with E-state index in [1.807, 2.05) is 6.20 Å². The third-order valence-corrected chi connectivity index (χ3v) is 3.91. The first-order chi connectivity index (χ1) is 7.31. The van der Waals surface area contributed by atoms with Gasteiger partial charge in [-0.15, -0.1) is 0 Å². The van der Waals surface area contributed by atoms with Crippen molar-refractivity contribution in [2.45, 2.75) is 51.5 Å². The average molecular weight is 224 g/mol. The second-order valence-electron chi connectivity index (χ2n) is 4.64. The third-order valence-electron chi connectivity index (χ3n) is 3.58. The van der Waals surface area contributed by atoms with Crippen LogP contribution in [0.3, 0.4) is 0 Å². The molecule has 15 heavy (non-hydrogen) atoms. The van der Waals surface area contributed by atoms with Crippen LogP contribution in [0.1, 0.15) is 51.5 Å². The molecule has 1 saturated carbocycles. The van der Waals surface area contributed by atoms with Gasteiger partial charge < -0.3 is 9.55 Å². The monoisotopic (exact) mass is 224 g/mol. The van der Waals surface area contributed by atoms with Gasteiger partial charge in [-0.3, -0.25) is 0 Å². The lowest BCUT2D eigenvalue weighted by molar-refractivity contribution is 0.261. The highest BCUT2D eigenvalue weighted by Gasteiger charge is 2.21. The number of nitrogens with one attached hydrogen (secondary N) is 1. The lowest BCUT2D eigenvalue weighted by atomic mass is 9.83. The number of nitrogens with zero attached hydrogens (tertiary/aromatic N) is 1. The van der Waals surface area contributed by atoms with Gasteiger partial charge >= 0.3 is 0 Å². The van der Waals surface area contributed by atoms with Gasteiger partial charge in [-0.2, -0.15) is 0 Å². The van der Waals surface area contributed by atoms with E-state index in [0.717, 1.165) is 10.7 Å². The van der Waals surface area contributed by atoms with Gasteiger partial charge in [0.1, 0.15) is 0 Å². The third kappa shape index (κ3) is 2.51. The molecule has 0 radical (unpaired) electrons. The molecule has 0 unspecified atom stereocenters. The molecule has 1 aliphatic rings. The maximum atomic E-state index is 5.25. The van der Waals surface area contributed by atoms with Gasteiger partial charge in [-0.25, -0.2) is 0 Å². The maximum Gasteiger partial charge on any atom is 0.177 e. The zero-order valence-electron chi connectivity index (χ0n) is 9.41. The van der Waals surface area contributed by atoms with Crippen LogP contribution in [0.25, 0.3) is 0 Å². The Morgan fingerprint density at radius 1 is 1.40 bits per heavy atom. The van der Waals surface area contributed by atoms with Crippen molar-refractivity contribution in [2.75, 3.05) is 0 Å². The highest BCUT2D eigenvalue weighted by atomic mass is 32.1. The second-order valence-corrected chi connectivity index (χ2v) is 5.02. The Balaban J connectivity index is 1.94. The topological polar surface area (TPSA) is 20.7 Å². The van der Waals surface area contributed by atoms with Gasteiger partial charge in [-0.1, -0.05) is 19.8 Å². The first-order valence-electron chi connectivity index (χ1n) is 6.06. The second kappa shape index (κ2) is 4.97. The molecule has 2 rings (SSSR count). The first-order valence-corrected chi connectivity index (χ1v) is 6.47. The Bertz CT molecular complexity index is 345. The highest BCUT2D eigenvalue weighted by Crippen LogP contribution is 2.34. The molecule has 1 fully saturated rings. The van der Waals surface area contributed by atoms with Gasteiger partial charge in [-0.05, 0) is 43.8 Å². The van der Waals surface area contributed by atoms with Crippen molar-refractivity contribution in [3.8, 4) is 0 Å². The number of rotatable bonds is 3. The van der Waals surface area contributed by atoms with E-state index in [2.05, 4.69) is 22.7 Å². The molecule has 0 saturated heterocycles. The van der Waals surface area contributed by atoms with Crippen molar-refractivity contribution in [1.29, 1.82) is 0 Å². The summed E-state index contributed by atoms with van der Waals surface area (Å²) in [7, 11) is 0. The van der Waals surface area contributed by atoms with Crippen LogP contribution in [0.15, 0.2) is 12.4 Å². The molecule has 1 aromatic heterocycles. The van der Waals surface area contributed by atoms with Gasteiger partial charge in [0.15, 0.2) is 4.77 Å². The maximum absolute atomic E-state index is 5.25. The molecule has 1 aromatic rings. The molecule has 1 N–H and O–H groups in total. The fourth-order valence-electron chi connectivity index (χ4n) is 2.74. The van der Waals surface area contributed by atoms with Gasteiger partial charge in [0, 0.05) is 18.4 Å².